The van der Waals surface area contributed by atoms with E-state index in [0.29, 0.717) is 43.1 Å². The highest BCUT2D eigenvalue weighted by Crippen LogP contribution is 2.34. The fraction of sp³-hybridized carbons (Fsp3) is 0.533. The van der Waals surface area contributed by atoms with Crippen LogP contribution in [0.4, 0.5) is 13.2 Å². The fourth-order valence-electron chi connectivity index (χ4n) is 3.41. The molecule has 7 nitrogen and oxygen atoms in total. The third-order valence-electron chi connectivity index (χ3n) is 4.73. The minimum absolute atomic E-state index is 0.0429. The van der Waals surface area contributed by atoms with Gasteiger partial charge in [0.15, 0.2) is 5.69 Å². The van der Waals surface area contributed by atoms with Crippen molar-refractivity contribution in [3.05, 3.63) is 34.4 Å². The maximum Gasteiger partial charge on any atom is 0.435 e. The molecule has 1 saturated heterocycles. The van der Waals surface area contributed by atoms with Gasteiger partial charge >= 0.3 is 6.18 Å². The zero-order chi connectivity index (χ0) is 17.6. The van der Waals surface area contributed by atoms with Gasteiger partial charge in [-0.15, -0.1) is 0 Å². The van der Waals surface area contributed by atoms with Crippen LogP contribution in [0, 0.1) is 0 Å². The van der Waals surface area contributed by atoms with Crippen LogP contribution in [-0.2, 0) is 23.9 Å². The minimum Gasteiger partial charge on any atom is -0.381 e. The second-order valence-electron chi connectivity index (χ2n) is 6.26. The summed E-state index contributed by atoms with van der Waals surface area (Å²) < 4.78 is 44.5. The van der Waals surface area contributed by atoms with Crippen molar-refractivity contribution >= 4 is 5.91 Å². The van der Waals surface area contributed by atoms with Crippen molar-refractivity contribution in [3.8, 4) is 0 Å². The number of nitrogens with one attached hydrogen (secondary N) is 2. The fourth-order valence-corrected chi connectivity index (χ4v) is 3.41. The number of rotatable bonds is 2. The van der Waals surface area contributed by atoms with Crippen LogP contribution in [0.2, 0.25) is 0 Å². The van der Waals surface area contributed by atoms with Gasteiger partial charge in [-0.25, -0.2) is 0 Å². The summed E-state index contributed by atoms with van der Waals surface area (Å²) >= 11 is 0. The van der Waals surface area contributed by atoms with E-state index < -0.39 is 11.9 Å². The standard InChI is InChI=1S/C15H16F3N5O2/c16-15(17,18)13-10-6-23(3-1-11(10)20-22-13)14(24)9-5-19-21-12(9)8-2-4-25-7-8/h5,8H,1-4,6-7H2,(H,19,21)(H,20,22). The van der Waals surface area contributed by atoms with Crippen LogP contribution in [0.25, 0.3) is 0 Å². The monoisotopic (exact) mass is 355 g/mol. The van der Waals surface area contributed by atoms with Crippen molar-refractivity contribution < 1.29 is 22.7 Å². The average Bonchev–Trinajstić information content (AvgIpc) is 3.30. The Kier molecular flexibility index (Phi) is 3.78. The Hall–Kier alpha value is -2.36. The largest absolute Gasteiger partial charge is 0.435 e. The van der Waals surface area contributed by atoms with E-state index in [1.165, 1.54) is 11.1 Å². The number of aromatic nitrogens is 4. The Morgan fingerprint density at radius 2 is 2.20 bits per heavy atom. The molecule has 2 aromatic heterocycles. The average molecular weight is 355 g/mol. The van der Waals surface area contributed by atoms with Crippen molar-refractivity contribution in [3.63, 3.8) is 0 Å². The third kappa shape index (κ3) is 2.80. The Labute approximate surface area is 140 Å². The SMILES string of the molecule is O=C(c1cn[nH]c1C1CCOC1)N1CCc2[nH]nc(C(F)(F)F)c2C1. The van der Waals surface area contributed by atoms with Gasteiger partial charge in [0, 0.05) is 43.3 Å². The molecule has 0 saturated carbocycles. The topological polar surface area (TPSA) is 86.9 Å². The molecule has 1 fully saturated rings. The Balaban J connectivity index is 1.59. The van der Waals surface area contributed by atoms with E-state index in [1.807, 2.05) is 0 Å². The summed E-state index contributed by atoms with van der Waals surface area (Å²) in [5, 5.41) is 12.6. The maximum atomic E-state index is 13.1. The summed E-state index contributed by atoms with van der Waals surface area (Å²) in [5.74, 6) is -0.267. The minimum atomic E-state index is -4.54. The second-order valence-corrected chi connectivity index (χ2v) is 6.26. The molecule has 2 aliphatic heterocycles. The van der Waals surface area contributed by atoms with Gasteiger partial charge in [-0.1, -0.05) is 0 Å². The second kappa shape index (κ2) is 5.87. The molecule has 25 heavy (non-hydrogen) atoms. The quantitative estimate of drug-likeness (QED) is 0.861. The molecule has 0 spiro atoms. The van der Waals surface area contributed by atoms with E-state index in [0.717, 1.165) is 6.42 Å². The molecule has 4 rings (SSSR count). The summed E-state index contributed by atoms with van der Waals surface area (Å²) in [7, 11) is 0. The number of ether oxygens (including phenoxy) is 1. The predicted octanol–water partition coefficient (Wildman–Crippen LogP) is 1.85. The molecule has 1 atom stereocenters. The molecule has 134 valence electrons. The highest BCUT2D eigenvalue weighted by Gasteiger charge is 2.40. The maximum absolute atomic E-state index is 13.1. The number of carbonyl (C=O) groups is 1. The molecule has 2 aliphatic rings. The number of H-pyrrole nitrogens is 2. The van der Waals surface area contributed by atoms with Gasteiger partial charge in [-0.2, -0.15) is 23.4 Å². The Morgan fingerprint density at radius 3 is 2.92 bits per heavy atom. The molecule has 10 heteroatoms. The highest BCUT2D eigenvalue weighted by molar-refractivity contribution is 5.95. The lowest BCUT2D eigenvalue weighted by molar-refractivity contribution is -0.142. The van der Waals surface area contributed by atoms with Crippen molar-refractivity contribution in [2.75, 3.05) is 19.8 Å². The number of nitrogens with zero attached hydrogens (tertiary/aromatic N) is 3. The van der Waals surface area contributed by atoms with Gasteiger partial charge < -0.3 is 9.64 Å². The molecule has 0 aromatic carbocycles. The van der Waals surface area contributed by atoms with Crippen LogP contribution in [0.1, 0.15) is 45.3 Å². The Bertz CT molecular complexity index is 791. The number of amides is 1. The summed E-state index contributed by atoms with van der Waals surface area (Å²) in [6.07, 6.45) is -2.01. The van der Waals surface area contributed by atoms with Crippen molar-refractivity contribution in [2.45, 2.75) is 31.5 Å². The van der Waals surface area contributed by atoms with E-state index in [9.17, 15) is 18.0 Å². The van der Waals surface area contributed by atoms with Crippen LogP contribution >= 0.6 is 0 Å². The van der Waals surface area contributed by atoms with Gasteiger partial charge in [-0.05, 0) is 6.42 Å². The number of hydrogen-bond donors (Lipinski definition) is 2. The summed E-state index contributed by atoms with van der Waals surface area (Å²) in [5.41, 5.74) is 0.624. The zero-order valence-electron chi connectivity index (χ0n) is 13.2. The molecule has 2 N–H and O–H groups in total. The third-order valence-corrected chi connectivity index (χ3v) is 4.73. The van der Waals surface area contributed by atoms with Crippen LogP contribution in [0.5, 0.6) is 0 Å². The molecule has 0 radical (unpaired) electrons. The molecule has 2 aromatic rings. The van der Waals surface area contributed by atoms with E-state index in [1.54, 1.807) is 0 Å². The molecule has 4 heterocycles. The first-order valence-electron chi connectivity index (χ1n) is 7.98. The smallest absolute Gasteiger partial charge is 0.381 e. The van der Waals surface area contributed by atoms with Gasteiger partial charge in [0.2, 0.25) is 0 Å². The van der Waals surface area contributed by atoms with E-state index in [2.05, 4.69) is 20.4 Å². The lowest BCUT2D eigenvalue weighted by atomic mass is 9.99. The van der Waals surface area contributed by atoms with Crippen molar-refractivity contribution in [1.29, 1.82) is 0 Å². The van der Waals surface area contributed by atoms with Crippen LogP contribution < -0.4 is 0 Å². The Morgan fingerprint density at radius 1 is 1.36 bits per heavy atom. The van der Waals surface area contributed by atoms with Gasteiger partial charge in [0.25, 0.3) is 5.91 Å². The van der Waals surface area contributed by atoms with Gasteiger partial charge in [0.05, 0.1) is 24.1 Å². The molecule has 0 aliphatic carbocycles. The number of aromatic amines is 2. The zero-order valence-corrected chi connectivity index (χ0v) is 13.2. The van der Waals surface area contributed by atoms with Crippen LogP contribution in [0.3, 0.4) is 0 Å². The molecular weight excluding hydrogens is 339 g/mol. The number of hydrogen-bond acceptors (Lipinski definition) is 4. The summed E-state index contributed by atoms with van der Waals surface area (Å²) in [6, 6.07) is 0. The van der Waals surface area contributed by atoms with E-state index >= 15 is 0 Å². The number of fused-ring (bicyclic) bond motifs is 1. The molecule has 1 unspecified atom stereocenters. The van der Waals surface area contributed by atoms with Crippen LogP contribution in [-0.4, -0.2) is 51.0 Å². The van der Waals surface area contributed by atoms with E-state index in [-0.39, 0.29) is 23.9 Å². The van der Waals surface area contributed by atoms with Gasteiger partial charge in [-0.3, -0.25) is 15.0 Å². The number of alkyl halides is 3. The van der Waals surface area contributed by atoms with Crippen molar-refractivity contribution in [2.24, 2.45) is 0 Å². The summed E-state index contributed by atoms with van der Waals surface area (Å²) in [6.45, 7) is 1.34. The first kappa shape index (κ1) is 16.1. The first-order chi connectivity index (χ1) is 11.9. The van der Waals surface area contributed by atoms with Crippen molar-refractivity contribution in [1.82, 2.24) is 25.3 Å². The van der Waals surface area contributed by atoms with Crippen LogP contribution in [0.15, 0.2) is 6.20 Å². The molecular formula is C15H16F3N5O2. The van der Waals surface area contributed by atoms with Gasteiger partial charge in [0.1, 0.15) is 0 Å². The lowest BCUT2D eigenvalue weighted by Gasteiger charge is -2.27. The molecule has 0 bridgehead atoms. The highest BCUT2D eigenvalue weighted by atomic mass is 19.4. The first-order valence-corrected chi connectivity index (χ1v) is 7.98. The predicted molar refractivity (Wildman–Crippen MR) is 78.8 cm³/mol. The lowest BCUT2D eigenvalue weighted by Crippen LogP contribution is -2.37. The number of carbonyl (C=O) groups excluding carboxylic acids is 1. The number of halogens is 3. The van der Waals surface area contributed by atoms with E-state index in [4.69, 9.17) is 4.74 Å². The normalized spacial score (nSPS) is 20.8. The molecule has 1 amide bonds. The summed E-state index contributed by atoms with van der Waals surface area (Å²) in [4.78, 5) is 14.3.